The number of allylic oxidation sites excluding steroid dienone is 1. The molecule has 88 valence electrons. The second-order valence-electron chi connectivity index (χ2n) is 3.95. The van der Waals surface area contributed by atoms with Gasteiger partial charge in [0.25, 0.3) is 0 Å². The summed E-state index contributed by atoms with van der Waals surface area (Å²) in [6.07, 6.45) is 5.51. The predicted octanol–water partition coefficient (Wildman–Crippen LogP) is 3.19. The molecular formula is C15H11NO2. The highest BCUT2D eigenvalue weighted by molar-refractivity contribution is 5.97. The lowest BCUT2D eigenvalue weighted by Crippen LogP contribution is -2.19. The van der Waals surface area contributed by atoms with Crippen molar-refractivity contribution >= 4 is 22.7 Å². The lowest BCUT2D eigenvalue weighted by atomic mass is 10.1. The number of hydrogen-bond donors (Lipinski definition) is 0. The molecule has 0 saturated carbocycles. The largest absolute Gasteiger partial charge is 0.469 e. The molecule has 0 saturated heterocycles. The summed E-state index contributed by atoms with van der Waals surface area (Å²) < 4.78 is 5.02. The number of carbonyl (C=O) groups is 1. The van der Waals surface area contributed by atoms with Crippen LogP contribution in [0.4, 0.5) is 5.69 Å². The Balaban J connectivity index is 2.19. The van der Waals surface area contributed by atoms with Gasteiger partial charge in [-0.3, -0.25) is 4.79 Å². The minimum absolute atomic E-state index is 0.480. The monoisotopic (exact) mass is 237 g/mol. The van der Waals surface area contributed by atoms with Gasteiger partial charge in [0.05, 0.1) is 5.69 Å². The number of ether oxygens (including phenoxy) is 1. The summed E-state index contributed by atoms with van der Waals surface area (Å²) in [5.41, 5.74) is 1.44. The zero-order valence-corrected chi connectivity index (χ0v) is 9.61. The first kappa shape index (κ1) is 10.6. The number of nitrogens with zero attached hydrogens (tertiary/aromatic N) is 1. The third kappa shape index (κ3) is 1.66. The molecule has 2 aromatic carbocycles. The molecule has 3 heteroatoms. The van der Waals surface area contributed by atoms with Gasteiger partial charge in [-0.15, -0.1) is 0 Å². The lowest BCUT2D eigenvalue weighted by molar-refractivity contribution is -0.105. The number of aldehydes is 1. The Morgan fingerprint density at radius 2 is 1.89 bits per heavy atom. The Morgan fingerprint density at radius 1 is 1.06 bits per heavy atom. The van der Waals surface area contributed by atoms with Crippen LogP contribution in [-0.4, -0.2) is 6.29 Å². The van der Waals surface area contributed by atoms with Crippen molar-refractivity contribution in [2.45, 2.75) is 0 Å². The Kier molecular flexibility index (Phi) is 2.57. The zero-order valence-electron chi connectivity index (χ0n) is 9.61. The first-order valence-corrected chi connectivity index (χ1v) is 5.64. The normalized spacial score (nSPS) is 14.2. The van der Waals surface area contributed by atoms with Crippen molar-refractivity contribution in [1.29, 1.82) is 0 Å². The molecule has 0 aromatic heterocycles. The lowest BCUT2D eigenvalue weighted by Gasteiger charge is -2.23. The Bertz CT molecular complexity index is 653. The summed E-state index contributed by atoms with van der Waals surface area (Å²) >= 11 is 0. The number of anilines is 1. The maximum atomic E-state index is 11.1. The highest BCUT2D eigenvalue weighted by Crippen LogP contribution is 2.30. The zero-order chi connectivity index (χ0) is 12.4. The molecule has 0 atom stereocenters. The van der Waals surface area contributed by atoms with Crippen LogP contribution in [0.5, 0.6) is 0 Å². The molecule has 0 fully saturated rings. The van der Waals surface area contributed by atoms with E-state index in [4.69, 9.17) is 4.74 Å². The molecule has 0 aliphatic carbocycles. The van der Waals surface area contributed by atoms with Crippen LogP contribution in [0.2, 0.25) is 0 Å². The summed E-state index contributed by atoms with van der Waals surface area (Å²) in [5, 5.41) is 2.24. The first-order valence-electron chi connectivity index (χ1n) is 5.64. The second kappa shape index (κ2) is 4.37. The van der Waals surface area contributed by atoms with E-state index in [-0.39, 0.29) is 0 Å². The Hall–Kier alpha value is -2.55. The molecule has 1 aliphatic heterocycles. The number of rotatable bonds is 2. The van der Waals surface area contributed by atoms with E-state index in [1.54, 1.807) is 12.5 Å². The van der Waals surface area contributed by atoms with Crippen LogP contribution in [0.25, 0.3) is 10.8 Å². The van der Waals surface area contributed by atoms with Crippen molar-refractivity contribution in [2.75, 3.05) is 4.90 Å². The van der Waals surface area contributed by atoms with Crippen LogP contribution in [0.15, 0.2) is 66.9 Å². The molecular weight excluding hydrogens is 226 g/mol. The van der Waals surface area contributed by atoms with Gasteiger partial charge in [-0.05, 0) is 11.5 Å². The predicted molar refractivity (Wildman–Crippen MR) is 70.8 cm³/mol. The number of carbonyl (C=O) groups excluding carboxylic acids is 1. The maximum absolute atomic E-state index is 11.1. The van der Waals surface area contributed by atoms with E-state index in [0.717, 1.165) is 22.7 Å². The van der Waals surface area contributed by atoms with Crippen molar-refractivity contribution in [3.63, 3.8) is 0 Å². The minimum Gasteiger partial charge on any atom is -0.469 e. The molecule has 1 aliphatic rings. The van der Waals surface area contributed by atoms with Crippen molar-refractivity contribution in [3.05, 3.63) is 66.9 Å². The molecule has 0 N–H and O–H groups in total. The van der Waals surface area contributed by atoms with Gasteiger partial charge in [-0.25, -0.2) is 0 Å². The van der Waals surface area contributed by atoms with E-state index in [1.165, 1.54) is 6.26 Å². The van der Waals surface area contributed by atoms with Crippen molar-refractivity contribution in [3.8, 4) is 0 Å². The minimum atomic E-state index is 0.480. The van der Waals surface area contributed by atoms with Gasteiger partial charge < -0.3 is 9.64 Å². The van der Waals surface area contributed by atoms with Crippen molar-refractivity contribution in [2.24, 2.45) is 0 Å². The molecule has 0 spiro atoms. The number of benzene rings is 2. The van der Waals surface area contributed by atoms with E-state index < -0.39 is 0 Å². The van der Waals surface area contributed by atoms with Gasteiger partial charge in [0.15, 0.2) is 6.29 Å². The molecule has 3 rings (SSSR count). The summed E-state index contributed by atoms with van der Waals surface area (Å²) in [7, 11) is 0. The highest BCUT2D eigenvalue weighted by Gasteiger charge is 2.14. The van der Waals surface area contributed by atoms with E-state index in [2.05, 4.69) is 0 Å². The fraction of sp³-hybridized carbons (Fsp3) is 0. The van der Waals surface area contributed by atoms with Crippen LogP contribution >= 0.6 is 0 Å². The molecule has 0 radical (unpaired) electrons. The molecule has 18 heavy (non-hydrogen) atoms. The van der Waals surface area contributed by atoms with Crippen molar-refractivity contribution < 1.29 is 9.53 Å². The summed E-state index contributed by atoms with van der Waals surface area (Å²) in [5.74, 6) is 0. The summed E-state index contributed by atoms with van der Waals surface area (Å²) in [6, 6.07) is 14.1. The van der Waals surface area contributed by atoms with Gasteiger partial charge in [0.1, 0.15) is 18.2 Å². The molecule has 0 unspecified atom stereocenters. The van der Waals surface area contributed by atoms with Gasteiger partial charge in [-0.2, -0.15) is 0 Å². The van der Waals surface area contributed by atoms with Gasteiger partial charge >= 0.3 is 0 Å². The van der Waals surface area contributed by atoms with E-state index in [1.807, 2.05) is 47.4 Å². The SMILES string of the molecule is O=CC1=COC=CN1c1cccc2ccccc12. The average molecular weight is 237 g/mol. The molecule has 2 aromatic rings. The third-order valence-corrected chi connectivity index (χ3v) is 2.90. The van der Waals surface area contributed by atoms with Gasteiger partial charge in [0, 0.05) is 11.6 Å². The summed E-state index contributed by atoms with van der Waals surface area (Å²) in [4.78, 5) is 12.9. The van der Waals surface area contributed by atoms with E-state index in [0.29, 0.717) is 5.70 Å². The van der Waals surface area contributed by atoms with Gasteiger partial charge in [-0.1, -0.05) is 36.4 Å². The third-order valence-electron chi connectivity index (χ3n) is 2.90. The number of fused-ring (bicyclic) bond motifs is 1. The fourth-order valence-corrected chi connectivity index (χ4v) is 2.07. The molecule has 0 amide bonds. The first-order chi connectivity index (χ1) is 8.90. The van der Waals surface area contributed by atoms with Crippen LogP contribution in [0.3, 0.4) is 0 Å². The van der Waals surface area contributed by atoms with Crippen LogP contribution in [-0.2, 0) is 9.53 Å². The van der Waals surface area contributed by atoms with E-state index >= 15 is 0 Å². The standard InChI is InChI=1S/C15H11NO2/c17-10-13-11-18-9-8-16(13)15-7-3-5-12-4-1-2-6-14(12)15/h1-11H. The van der Waals surface area contributed by atoms with Gasteiger partial charge in [0.2, 0.25) is 0 Å². The fourth-order valence-electron chi connectivity index (χ4n) is 2.07. The average Bonchev–Trinajstić information content (AvgIpc) is 2.46. The maximum Gasteiger partial charge on any atom is 0.170 e. The molecule has 1 heterocycles. The molecule has 0 bridgehead atoms. The second-order valence-corrected chi connectivity index (χ2v) is 3.95. The highest BCUT2D eigenvalue weighted by atomic mass is 16.5. The van der Waals surface area contributed by atoms with Crippen LogP contribution < -0.4 is 4.90 Å². The Morgan fingerprint density at radius 3 is 2.78 bits per heavy atom. The molecule has 3 nitrogen and oxygen atoms in total. The van der Waals surface area contributed by atoms with Crippen LogP contribution in [0, 0.1) is 0 Å². The number of hydrogen-bond acceptors (Lipinski definition) is 3. The van der Waals surface area contributed by atoms with Crippen molar-refractivity contribution in [1.82, 2.24) is 0 Å². The topological polar surface area (TPSA) is 29.5 Å². The smallest absolute Gasteiger partial charge is 0.170 e. The van der Waals surface area contributed by atoms with Crippen LogP contribution in [0.1, 0.15) is 0 Å². The Labute approximate surface area is 105 Å². The van der Waals surface area contributed by atoms with E-state index in [9.17, 15) is 4.79 Å². The quantitative estimate of drug-likeness (QED) is 0.751. The summed E-state index contributed by atoms with van der Waals surface area (Å²) in [6.45, 7) is 0.